The van der Waals surface area contributed by atoms with Crippen molar-refractivity contribution in [2.24, 2.45) is 0 Å². The van der Waals surface area contributed by atoms with Gasteiger partial charge < -0.3 is 15.0 Å². The molecule has 0 atom stereocenters. The molecule has 0 aliphatic rings. The number of hydrogen-bond donors (Lipinski definition) is 1. The molecule has 0 bridgehead atoms. The van der Waals surface area contributed by atoms with E-state index in [1.165, 1.54) is 0 Å². The summed E-state index contributed by atoms with van der Waals surface area (Å²) in [4.78, 5) is 14.3. The maximum atomic E-state index is 12.3. The monoisotopic (exact) mass is 284 g/mol. The van der Waals surface area contributed by atoms with E-state index in [1.807, 2.05) is 62.3 Å². The fourth-order valence-corrected chi connectivity index (χ4v) is 1.96. The smallest absolute Gasteiger partial charge is 0.255 e. The summed E-state index contributed by atoms with van der Waals surface area (Å²) in [5.41, 5.74) is 2.39. The maximum absolute atomic E-state index is 12.3. The Hall–Kier alpha value is -2.49. The van der Waals surface area contributed by atoms with E-state index in [1.54, 1.807) is 12.1 Å². The lowest BCUT2D eigenvalue weighted by Gasteiger charge is -2.14. The third-order valence-corrected chi connectivity index (χ3v) is 3.03. The highest BCUT2D eigenvalue weighted by Gasteiger charge is 2.08. The van der Waals surface area contributed by atoms with E-state index in [9.17, 15) is 4.79 Å². The van der Waals surface area contributed by atoms with Gasteiger partial charge in [-0.25, -0.2) is 0 Å². The third kappa shape index (κ3) is 3.99. The van der Waals surface area contributed by atoms with Crippen LogP contribution < -0.4 is 15.0 Å². The molecule has 1 N–H and O–H groups in total. The van der Waals surface area contributed by atoms with Crippen molar-refractivity contribution in [3.05, 3.63) is 54.1 Å². The molecule has 4 heteroatoms. The molecule has 1 amide bonds. The summed E-state index contributed by atoms with van der Waals surface area (Å²) in [6, 6.07) is 14.9. The summed E-state index contributed by atoms with van der Waals surface area (Å²) >= 11 is 0. The van der Waals surface area contributed by atoms with Crippen molar-refractivity contribution in [3.63, 3.8) is 0 Å². The molecule has 0 fully saturated rings. The van der Waals surface area contributed by atoms with Crippen LogP contribution >= 0.6 is 0 Å². The van der Waals surface area contributed by atoms with Crippen molar-refractivity contribution < 1.29 is 9.53 Å². The molecule has 0 saturated carbocycles. The Balaban J connectivity index is 2.14. The first-order valence-corrected chi connectivity index (χ1v) is 6.91. The molecule has 0 spiro atoms. The highest BCUT2D eigenvalue weighted by molar-refractivity contribution is 6.04. The summed E-state index contributed by atoms with van der Waals surface area (Å²) in [5.74, 6) is 0.555. The molecule has 0 heterocycles. The molecule has 0 unspecified atom stereocenters. The summed E-state index contributed by atoms with van der Waals surface area (Å²) in [7, 11) is 3.93. The number of nitrogens with one attached hydrogen (secondary N) is 1. The molecular weight excluding hydrogens is 264 g/mol. The van der Waals surface area contributed by atoms with Gasteiger partial charge in [-0.3, -0.25) is 4.79 Å². The van der Waals surface area contributed by atoms with Gasteiger partial charge in [-0.2, -0.15) is 0 Å². The average Bonchev–Trinajstić information content (AvgIpc) is 2.48. The number of carbonyl (C=O) groups excluding carboxylic acids is 1. The molecule has 0 aromatic heterocycles. The SMILES string of the molecule is CCOc1cccc(C(=O)Nc2cccc(N(C)C)c2)c1. The molecule has 2 aromatic carbocycles. The lowest BCUT2D eigenvalue weighted by atomic mass is 10.2. The van der Waals surface area contributed by atoms with E-state index < -0.39 is 0 Å². The van der Waals surface area contributed by atoms with E-state index in [0.717, 1.165) is 11.4 Å². The molecule has 0 aliphatic heterocycles. The first kappa shape index (κ1) is 14.9. The molecule has 4 nitrogen and oxygen atoms in total. The minimum atomic E-state index is -0.146. The predicted molar refractivity (Wildman–Crippen MR) is 86.3 cm³/mol. The summed E-state index contributed by atoms with van der Waals surface area (Å²) in [6.45, 7) is 2.50. The minimum Gasteiger partial charge on any atom is -0.494 e. The van der Waals surface area contributed by atoms with E-state index in [2.05, 4.69) is 5.32 Å². The van der Waals surface area contributed by atoms with Crippen LogP contribution in [0.1, 0.15) is 17.3 Å². The molecule has 0 aliphatic carbocycles. The standard InChI is InChI=1S/C17H20N2O2/c1-4-21-16-10-5-7-13(11-16)17(20)18-14-8-6-9-15(12-14)19(2)3/h5-12H,4H2,1-3H3,(H,18,20). The van der Waals surface area contributed by atoms with Crippen LogP contribution in [-0.4, -0.2) is 26.6 Å². The van der Waals surface area contributed by atoms with E-state index in [4.69, 9.17) is 4.74 Å². The number of carbonyl (C=O) groups is 1. The van der Waals surface area contributed by atoms with Crippen molar-refractivity contribution >= 4 is 17.3 Å². The van der Waals surface area contributed by atoms with E-state index in [-0.39, 0.29) is 5.91 Å². The number of ether oxygens (including phenoxy) is 1. The molecule has 110 valence electrons. The molecule has 2 aromatic rings. The highest BCUT2D eigenvalue weighted by atomic mass is 16.5. The molecule has 0 radical (unpaired) electrons. The van der Waals surface area contributed by atoms with E-state index in [0.29, 0.717) is 17.9 Å². The molecule has 21 heavy (non-hydrogen) atoms. The van der Waals surface area contributed by atoms with Crippen molar-refractivity contribution in [1.82, 2.24) is 0 Å². The van der Waals surface area contributed by atoms with Crippen LogP contribution in [0.15, 0.2) is 48.5 Å². The zero-order valence-corrected chi connectivity index (χ0v) is 12.6. The minimum absolute atomic E-state index is 0.146. The lowest BCUT2D eigenvalue weighted by Crippen LogP contribution is -2.13. The van der Waals surface area contributed by atoms with Gasteiger partial charge in [0.25, 0.3) is 5.91 Å². The van der Waals surface area contributed by atoms with Gasteiger partial charge in [-0.05, 0) is 43.3 Å². The third-order valence-electron chi connectivity index (χ3n) is 3.03. The first-order valence-electron chi connectivity index (χ1n) is 6.91. The largest absolute Gasteiger partial charge is 0.494 e. The summed E-state index contributed by atoms with van der Waals surface area (Å²) in [6.07, 6.45) is 0. The fourth-order valence-electron chi connectivity index (χ4n) is 1.96. The summed E-state index contributed by atoms with van der Waals surface area (Å²) in [5, 5.41) is 2.90. The van der Waals surface area contributed by atoms with Crippen molar-refractivity contribution in [2.45, 2.75) is 6.92 Å². The van der Waals surface area contributed by atoms with Crippen LogP contribution in [0.3, 0.4) is 0 Å². The summed E-state index contributed by atoms with van der Waals surface area (Å²) < 4.78 is 5.41. The number of anilines is 2. The second-order valence-corrected chi connectivity index (χ2v) is 4.86. The van der Waals surface area contributed by atoms with Gasteiger partial charge in [0, 0.05) is 31.0 Å². The van der Waals surface area contributed by atoms with Crippen LogP contribution in [0.4, 0.5) is 11.4 Å². The van der Waals surface area contributed by atoms with E-state index >= 15 is 0 Å². The van der Waals surface area contributed by atoms with Gasteiger partial charge in [-0.15, -0.1) is 0 Å². The topological polar surface area (TPSA) is 41.6 Å². The Morgan fingerprint density at radius 1 is 1.14 bits per heavy atom. The Morgan fingerprint density at radius 2 is 1.90 bits per heavy atom. The fraction of sp³-hybridized carbons (Fsp3) is 0.235. The average molecular weight is 284 g/mol. The maximum Gasteiger partial charge on any atom is 0.255 e. The first-order chi connectivity index (χ1) is 10.1. The molecule has 0 saturated heterocycles. The van der Waals surface area contributed by atoms with Crippen molar-refractivity contribution in [3.8, 4) is 5.75 Å². The second-order valence-electron chi connectivity index (χ2n) is 4.86. The Bertz CT molecular complexity index is 624. The van der Waals surface area contributed by atoms with Gasteiger partial charge in [0.05, 0.1) is 6.61 Å². The zero-order chi connectivity index (χ0) is 15.2. The predicted octanol–water partition coefficient (Wildman–Crippen LogP) is 3.40. The number of nitrogens with zero attached hydrogens (tertiary/aromatic N) is 1. The zero-order valence-electron chi connectivity index (χ0n) is 12.6. The molecular formula is C17H20N2O2. The van der Waals surface area contributed by atoms with Gasteiger partial charge in [-0.1, -0.05) is 12.1 Å². The van der Waals surface area contributed by atoms with Crippen LogP contribution in [0, 0.1) is 0 Å². The number of benzene rings is 2. The van der Waals surface area contributed by atoms with Crippen molar-refractivity contribution in [1.29, 1.82) is 0 Å². The van der Waals surface area contributed by atoms with Gasteiger partial charge in [0.1, 0.15) is 5.75 Å². The number of hydrogen-bond acceptors (Lipinski definition) is 3. The Morgan fingerprint density at radius 3 is 2.62 bits per heavy atom. The van der Waals surface area contributed by atoms with Crippen LogP contribution in [0.2, 0.25) is 0 Å². The highest BCUT2D eigenvalue weighted by Crippen LogP contribution is 2.19. The Kier molecular flexibility index (Phi) is 4.82. The molecule has 2 rings (SSSR count). The van der Waals surface area contributed by atoms with Gasteiger partial charge >= 0.3 is 0 Å². The van der Waals surface area contributed by atoms with Gasteiger partial charge in [0.15, 0.2) is 0 Å². The van der Waals surface area contributed by atoms with Crippen molar-refractivity contribution in [2.75, 3.05) is 30.9 Å². The Labute approximate surface area is 125 Å². The second kappa shape index (κ2) is 6.79. The van der Waals surface area contributed by atoms with Crippen LogP contribution in [-0.2, 0) is 0 Å². The lowest BCUT2D eigenvalue weighted by molar-refractivity contribution is 0.102. The quantitative estimate of drug-likeness (QED) is 0.915. The van der Waals surface area contributed by atoms with Crippen LogP contribution in [0.25, 0.3) is 0 Å². The normalized spacial score (nSPS) is 10.0. The van der Waals surface area contributed by atoms with Crippen LogP contribution in [0.5, 0.6) is 5.75 Å². The number of rotatable bonds is 5. The van der Waals surface area contributed by atoms with Gasteiger partial charge in [0.2, 0.25) is 0 Å². The number of amides is 1.